The van der Waals surface area contributed by atoms with Gasteiger partial charge in [-0.2, -0.15) is 4.98 Å². The third-order valence-corrected chi connectivity index (χ3v) is 4.27. The Morgan fingerprint density at radius 2 is 1.77 bits per heavy atom. The number of aryl methyl sites for hydroxylation is 1. The minimum Gasteiger partial charge on any atom is -0.475 e. The number of nitrogen functional groups attached to an aromatic ring is 1. The van der Waals surface area contributed by atoms with Gasteiger partial charge in [-0.25, -0.2) is 18.2 Å². The Labute approximate surface area is 175 Å². The molecule has 0 spiro atoms. The zero-order valence-corrected chi connectivity index (χ0v) is 16.6. The van der Waals surface area contributed by atoms with Gasteiger partial charge in [0.25, 0.3) is 6.43 Å². The molecule has 3 rings (SSSR count). The van der Waals surface area contributed by atoms with Gasteiger partial charge in [-0.15, -0.1) is 0 Å². The molecular formula is C19H18F3N5O2S. The second kappa shape index (κ2) is 9.74. The van der Waals surface area contributed by atoms with E-state index < -0.39 is 17.9 Å². The second-order valence-electron chi connectivity index (χ2n) is 6.11. The van der Waals surface area contributed by atoms with Gasteiger partial charge in [0, 0.05) is 11.3 Å². The predicted octanol–water partition coefficient (Wildman–Crippen LogP) is 4.09. The molecule has 0 radical (unpaired) electrons. The summed E-state index contributed by atoms with van der Waals surface area (Å²) in [5.41, 5.74) is 7.31. The molecule has 0 amide bonds. The van der Waals surface area contributed by atoms with Crippen LogP contribution in [0.2, 0.25) is 0 Å². The minimum absolute atomic E-state index is 0.0678. The summed E-state index contributed by atoms with van der Waals surface area (Å²) in [5, 5.41) is 5.21. The molecule has 2 aromatic heterocycles. The van der Waals surface area contributed by atoms with Crippen molar-refractivity contribution >= 4 is 18.2 Å². The maximum absolute atomic E-state index is 13.4. The van der Waals surface area contributed by atoms with Gasteiger partial charge >= 0.3 is 0 Å². The van der Waals surface area contributed by atoms with Gasteiger partial charge < -0.3 is 10.5 Å². The number of hydrogen-bond donors (Lipinski definition) is 2. The predicted molar refractivity (Wildman–Crippen MR) is 108 cm³/mol. The number of pyridine rings is 1. The maximum Gasteiger partial charge on any atom is 0.280 e. The first kappa shape index (κ1) is 21.8. The molecule has 0 atom stereocenters. The smallest absolute Gasteiger partial charge is 0.280 e. The molecule has 30 heavy (non-hydrogen) atoms. The van der Waals surface area contributed by atoms with Crippen LogP contribution in [-0.4, -0.2) is 28.2 Å². The van der Waals surface area contributed by atoms with Crippen molar-refractivity contribution in [3.63, 3.8) is 0 Å². The second-order valence-corrected chi connectivity index (χ2v) is 6.54. The van der Waals surface area contributed by atoms with Crippen molar-refractivity contribution in [2.45, 2.75) is 13.3 Å². The monoisotopic (exact) mass is 437 g/mol. The highest BCUT2D eigenvalue weighted by Crippen LogP contribution is 2.39. The standard InChI is InChI=1S/C19H18F3N5O2S/c1-10-8-12(9-14(25-10)17(21)22)15-16(11-2-4-13(20)5-3-11)26-19(23)27-18(15)28-6-7-29-30-24/h2-5,8-9,17H,6-7,24H2,1H3,(H2,23,26,27). The van der Waals surface area contributed by atoms with Crippen molar-refractivity contribution in [2.24, 2.45) is 5.14 Å². The quantitative estimate of drug-likeness (QED) is 0.308. The van der Waals surface area contributed by atoms with Crippen molar-refractivity contribution in [2.75, 3.05) is 18.9 Å². The Morgan fingerprint density at radius 3 is 2.43 bits per heavy atom. The van der Waals surface area contributed by atoms with Crippen LogP contribution in [0.5, 0.6) is 5.88 Å². The molecule has 158 valence electrons. The number of aromatic nitrogens is 3. The molecule has 0 saturated carbocycles. The molecule has 0 unspecified atom stereocenters. The van der Waals surface area contributed by atoms with Crippen LogP contribution < -0.4 is 15.6 Å². The highest BCUT2D eigenvalue weighted by Gasteiger charge is 2.21. The van der Waals surface area contributed by atoms with Crippen LogP contribution in [0.4, 0.5) is 19.1 Å². The fourth-order valence-corrected chi connectivity index (χ4v) is 2.97. The number of halogens is 3. The van der Waals surface area contributed by atoms with E-state index in [4.69, 9.17) is 19.8 Å². The normalized spacial score (nSPS) is 11.1. The van der Waals surface area contributed by atoms with E-state index in [1.807, 2.05) is 0 Å². The van der Waals surface area contributed by atoms with Crippen LogP contribution >= 0.6 is 12.2 Å². The van der Waals surface area contributed by atoms with Crippen molar-refractivity contribution in [3.8, 4) is 28.3 Å². The number of hydrogen-bond acceptors (Lipinski definition) is 8. The molecule has 7 nitrogen and oxygen atoms in total. The highest BCUT2D eigenvalue weighted by molar-refractivity contribution is 7.92. The summed E-state index contributed by atoms with van der Waals surface area (Å²) < 4.78 is 50.8. The van der Waals surface area contributed by atoms with E-state index in [0.29, 0.717) is 40.3 Å². The fourth-order valence-electron chi connectivity index (χ4n) is 2.81. The lowest BCUT2D eigenvalue weighted by Gasteiger charge is -2.16. The third kappa shape index (κ3) is 5.17. The first-order chi connectivity index (χ1) is 14.4. The number of nitrogens with zero attached hydrogens (tertiary/aromatic N) is 3. The van der Waals surface area contributed by atoms with E-state index in [1.54, 1.807) is 13.0 Å². The molecule has 1 aromatic carbocycles. The van der Waals surface area contributed by atoms with E-state index >= 15 is 0 Å². The average molecular weight is 437 g/mol. The molecule has 2 heterocycles. The Morgan fingerprint density at radius 1 is 1.03 bits per heavy atom. The SMILES string of the molecule is Cc1cc(-c2c(OCCOSN)nc(N)nc2-c2ccc(F)cc2)cc(C(F)F)n1. The fraction of sp³-hybridized carbons (Fsp3) is 0.211. The molecule has 4 N–H and O–H groups in total. The third-order valence-electron chi connectivity index (χ3n) is 3.97. The largest absolute Gasteiger partial charge is 0.475 e. The molecule has 0 aliphatic rings. The van der Waals surface area contributed by atoms with E-state index in [2.05, 4.69) is 15.0 Å². The average Bonchev–Trinajstić information content (AvgIpc) is 2.71. The molecule has 11 heteroatoms. The summed E-state index contributed by atoms with van der Waals surface area (Å²) >= 11 is 0.684. The summed E-state index contributed by atoms with van der Waals surface area (Å²) in [4.78, 5) is 12.2. The molecular weight excluding hydrogens is 419 g/mol. The summed E-state index contributed by atoms with van der Waals surface area (Å²) in [5.74, 6) is -0.463. The lowest BCUT2D eigenvalue weighted by molar-refractivity contribution is 0.146. The number of anilines is 1. The molecule has 0 bridgehead atoms. The first-order valence-corrected chi connectivity index (χ1v) is 9.51. The molecule has 0 aliphatic carbocycles. The van der Waals surface area contributed by atoms with Crippen molar-refractivity contribution < 1.29 is 22.1 Å². The first-order valence-electron chi connectivity index (χ1n) is 8.70. The summed E-state index contributed by atoms with van der Waals surface area (Å²) in [6, 6.07) is 8.35. The van der Waals surface area contributed by atoms with Crippen LogP contribution in [0.25, 0.3) is 22.4 Å². The van der Waals surface area contributed by atoms with Gasteiger partial charge in [-0.1, -0.05) is 0 Å². The summed E-state index contributed by atoms with van der Waals surface area (Å²) in [7, 11) is 0. The van der Waals surface area contributed by atoms with Gasteiger partial charge in [0.2, 0.25) is 11.8 Å². The van der Waals surface area contributed by atoms with Gasteiger partial charge in [0.05, 0.1) is 30.1 Å². The Kier molecular flexibility index (Phi) is 7.08. The Balaban J connectivity index is 2.20. The van der Waals surface area contributed by atoms with Crippen LogP contribution in [-0.2, 0) is 4.18 Å². The molecule has 3 aromatic rings. The van der Waals surface area contributed by atoms with Crippen molar-refractivity contribution in [3.05, 3.63) is 53.6 Å². The zero-order valence-electron chi connectivity index (χ0n) is 15.8. The molecule has 0 aliphatic heterocycles. The van der Waals surface area contributed by atoms with E-state index in [9.17, 15) is 13.2 Å². The van der Waals surface area contributed by atoms with E-state index in [-0.39, 0.29) is 25.0 Å². The van der Waals surface area contributed by atoms with Gasteiger partial charge in [0.15, 0.2) is 0 Å². The topological polar surface area (TPSA) is 109 Å². The Bertz CT molecular complexity index is 1020. The molecule has 0 fully saturated rings. The molecule has 0 saturated heterocycles. The maximum atomic E-state index is 13.4. The van der Waals surface area contributed by atoms with Gasteiger partial charge in [-0.3, -0.25) is 14.3 Å². The highest BCUT2D eigenvalue weighted by atomic mass is 32.2. The lowest BCUT2D eigenvalue weighted by atomic mass is 9.99. The van der Waals surface area contributed by atoms with E-state index in [1.165, 1.54) is 30.3 Å². The number of ether oxygens (including phenoxy) is 1. The van der Waals surface area contributed by atoms with Crippen molar-refractivity contribution in [1.29, 1.82) is 0 Å². The van der Waals surface area contributed by atoms with E-state index in [0.717, 1.165) is 0 Å². The van der Waals surface area contributed by atoms with Gasteiger partial charge in [-0.05, 0) is 48.9 Å². The van der Waals surface area contributed by atoms with Crippen LogP contribution in [0.15, 0.2) is 36.4 Å². The van der Waals surface area contributed by atoms with Gasteiger partial charge in [0.1, 0.15) is 18.1 Å². The van der Waals surface area contributed by atoms with Crippen LogP contribution in [0.1, 0.15) is 17.8 Å². The number of nitrogens with two attached hydrogens (primary N) is 2. The Hall–Kier alpha value is -2.89. The zero-order chi connectivity index (χ0) is 21.7. The van der Waals surface area contributed by atoms with Crippen LogP contribution in [0.3, 0.4) is 0 Å². The minimum atomic E-state index is -2.77. The summed E-state index contributed by atoms with van der Waals surface area (Å²) in [6.07, 6.45) is -2.77. The number of alkyl halides is 2. The number of rotatable bonds is 8. The van der Waals surface area contributed by atoms with Crippen molar-refractivity contribution in [1.82, 2.24) is 15.0 Å². The number of benzene rings is 1. The summed E-state index contributed by atoms with van der Waals surface area (Å²) in [6.45, 7) is 1.81. The lowest BCUT2D eigenvalue weighted by Crippen LogP contribution is -2.10. The van der Waals surface area contributed by atoms with Crippen LogP contribution in [0, 0.1) is 12.7 Å².